The second-order valence-electron chi connectivity index (χ2n) is 6.72. The van der Waals surface area contributed by atoms with Crippen LogP contribution in [0.1, 0.15) is 12.0 Å². The van der Waals surface area contributed by atoms with E-state index in [1.165, 1.54) is 23.9 Å². The van der Waals surface area contributed by atoms with E-state index in [0.717, 1.165) is 49.7 Å². The number of pyridine rings is 1. The summed E-state index contributed by atoms with van der Waals surface area (Å²) < 4.78 is 18.4. The Morgan fingerprint density at radius 2 is 1.86 bits per heavy atom. The normalized spacial score (nSPS) is 14.8. The van der Waals surface area contributed by atoms with Gasteiger partial charge in [0.05, 0.1) is 19.0 Å². The van der Waals surface area contributed by atoms with Crippen molar-refractivity contribution in [3.8, 4) is 0 Å². The molecule has 0 aliphatic carbocycles. The fourth-order valence-corrected chi connectivity index (χ4v) is 3.88. The summed E-state index contributed by atoms with van der Waals surface area (Å²) in [6, 6.07) is 10.1. The van der Waals surface area contributed by atoms with Gasteiger partial charge in [0.25, 0.3) is 0 Å². The molecule has 1 aliphatic rings. The number of amides is 1. The van der Waals surface area contributed by atoms with Crippen LogP contribution < -0.4 is 0 Å². The molecule has 0 atom stereocenters. The SMILES string of the molecule is O=C(CSc1ccc(F)cc1)N(CCCN1CCOCC1)Cc1ccncc1. The maximum atomic E-state index is 13.0. The average molecular weight is 404 g/mol. The first kappa shape index (κ1) is 20.8. The predicted octanol–water partition coefficient (Wildman–Crippen LogP) is 3.06. The van der Waals surface area contributed by atoms with Crippen molar-refractivity contribution < 1.29 is 13.9 Å². The van der Waals surface area contributed by atoms with Crippen LogP contribution in [0.25, 0.3) is 0 Å². The molecule has 28 heavy (non-hydrogen) atoms. The Morgan fingerprint density at radius 3 is 2.57 bits per heavy atom. The Morgan fingerprint density at radius 1 is 1.14 bits per heavy atom. The van der Waals surface area contributed by atoms with E-state index in [-0.39, 0.29) is 11.7 Å². The molecule has 1 aliphatic heterocycles. The highest BCUT2D eigenvalue weighted by molar-refractivity contribution is 8.00. The van der Waals surface area contributed by atoms with Crippen LogP contribution in [-0.4, -0.2) is 65.8 Å². The van der Waals surface area contributed by atoms with Crippen molar-refractivity contribution >= 4 is 17.7 Å². The molecule has 7 heteroatoms. The van der Waals surface area contributed by atoms with Crippen LogP contribution in [0.3, 0.4) is 0 Å². The summed E-state index contributed by atoms with van der Waals surface area (Å²) in [5, 5.41) is 0. The molecule has 0 bridgehead atoms. The number of halogens is 1. The third-order valence-corrected chi connectivity index (χ3v) is 5.65. The molecule has 1 aromatic heterocycles. The number of hydrogen-bond acceptors (Lipinski definition) is 5. The largest absolute Gasteiger partial charge is 0.379 e. The molecule has 0 N–H and O–H groups in total. The van der Waals surface area contributed by atoms with Gasteiger partial charge in [0, 0.05) is 50.0 Å². The van der Waals surface area contributed by atoms with Gasteiger partial charge in [0.2, 0.25) is 5.91 Å². The van der Waals surface area contributed by atoms with Crippen molar-refractivity contribution in [2.75, 3.05) is 45.1 Å². The van der Waals surface area contributed by atoms with E-state index in [1.807, 2.05) is 17.0 Å². The van der Waals surface area contributed by atoms with Gasteiger partial charge in [0.15, 0.2) is 0 Å². The molecule has 1 saturated heterocycles. The van der Waals surface area contributed by atoms with Crippen molar-refractivity contribution in [2.45, 2.75) is 17.9 Å². The smallest absolute Gasteiger partial charge is 0.233 e. The molecule has 0 unspecified atom stereocenters. The van der Waals surface area contributed by atoms with Crippen LogP contribution in [0.2, 0.25) is 0 Å². The monoisotopic (exact) mass is 403 g/mol. The fraction of sp³-hybridized carbons (Fsp3) is 0.429. The molecule has 1 aromatic carbocycles. The number of ether oxygens (including phenoxy) is 1. The zero-order valence-electron chi connectivity index (χ0n) is 15.9. The predicted molar refractivity (Wildman–Crippen MR) is 109 cm³/mol. The highest BCUT2D eigenvalue weighted by Crippen LogP contribution is 2.19. The molecule has 0 spiro atoms. The first-order valence-corrected chi connectivity index (χ1v) is 10.5. The lowest BCUT2D eigenvalue weighted by molar-refractivity contribution is -0.129. The second kappa shape index (κ2) is 11.1. The van der Waals surface area contributed by atoms with Gasteiger partial charge in [-0.1, -0.05) is 0 Å². The molecular formula is C21H26FN3O2S. The molecular weight excluding hydrogens is 377 g/mol. The third kappa shape index (κ3) is 6.89. The second-order valence-corrected chi connectivity index (χ2v) is 7.77. The van der Waals surface area contributed by atoms with E-state index in [1.54, 1.807) is 24.5 Å². The van der Waals surface area contributed by atoms with Crippen LogP contribution in [0.4, 0.5) is 4.39 Å². The van der Waals surface area contributed by atoms with Gasteiger partial charge in [-0.15, -0.1) is 11.8 Å². The van der Waals surface area contributed by atoms with Gasteiger partial charge in [-0.3, -0.25) is 14.7 Å². The van der Waals surface area contributed by atoms with Crippen molar-refractivity contribution in [3.05, 3.63) is 60.2 Å². The maximum absolute atomic E-state index is 13.0. The first-order valence-electron chi connectivity index (χ1n) is 9.56. The van der Waals surface area contributed by atoms with E-state index in [4.69, 9.17) is 4.74 Å². The first-order chi connectivity index (χ1) is 13.7. The number of nitrogens with zero attached hydrogens (tertiary/aromatic N) is 3. The zero-order chi connectivity index (χ0) is 19.6. The van der Waals surface area contributed by atoms with Crippen molar-refractivity contribution in [2.24, 2.45) is 0 Å². The minimum absolute atomic E-state index is 0.0908. The molecule has 0 radical (unpaired) electrons. The molecule has 2 aromatic rings. The number of rotatable bonds is 9. The Hall–Kier alpha value is -1.96. The van der Waals surface area contributed by atoms with Crippen LogP contribution >= 0.6 is 11.8 Å². The Bertz CT molecular complexity index is 724. The number of benzene rings is 1. The lowest BCUT2D eigenvalue weighted by atomic mass is 10.2. The summed E-state index contributed by atoms with van der Waals surface area (Å²) in [5.74, 6) is 0.167. The number of carbonyl (C=O) groups excluding carboxylic acids is 1. The topological polar surface area (TPSA) is 45.7 Å². The lowest BCUT2D eigenvalue weighted by Crippen LogP contribution is -2.39. The number of hydrogen-bond donors (Lipinski definition) is 0. The van der Waals surface area contributed by atoms with E-state index < -0.39 is 0 Å². The minimum atomic E-state index is -0.266. The van der Waals surface area contributed by atoms with E-state index >= 15 is 0 Å². The van der Waals surface area contributed by atoms with Gasteiger partial charge in [-0.2, -0.15) is 0 Å². The Labute approximate surface area is 169 Å². The summed E-state index contributed by atoms with van der Waals surface area (Å²) in [7, 11) is 0. The van der Waals surface area contributed by atoms with E-state index in [9.17, 15) is 9.18 Å². The fourth-order valence-electron chi connectivity index (χ4n) is 3.08. The van der Waals surface area contributed by atoms with Crippen LogP contribution in [0, 0.1) is 5.82 Å². The number of thioether (sulfide) groups is 1. The molecule has 5 nitrogen and oxygen atoms in total. The van der Waals surface area contributed by atoms with E-state index in [2.05, 4.69) is 9.88 Å². The maximum Gasteiger partial charge on any atom is 0.233 e. The number of carbonyl (C=O) groups is 1. The van der Waals surface area contributed by atoms with Gasteiger partial charge >= 0.3 is 0 Å². The summed E-state index contributed by atoms with van der Waals surface area (Å²) >= 11 is 1.44. The van der Waals surface area contributed by atoms with Gasteiger partial charge < -0.3 is 9.64 Å². The number of aromatic nitrogens is 1. The minimum Gasteiger partial charge on any atom is -0.379 e. The van der Waals surface area contributed by atoms with E-state index in [0.29, 0.717) is 18.8 Å². The highest BCUT2D eigenvalue weighted by atomic mass is 32.2. The van der Waals surface area contributed by atoms with Crippen molar-refractivity contribution in [1.29, 1.82) is 0 Å². The average Bonchev–Trinajstić information content (AvgIpc) is 2.74. The molecule has 1 amide bonds. The molecule has 1 fully saturated rings. The van der Waals surface area contributed by atoms with Gasteiger partial charge in [0.1, 0.15) is 5.82 Å². The molecule has 3 rings (SSSR count). The van der Waals surface area contributed by atoms with Crippen molar-refractivity contribution in [3.63, 3.8) is 0 Å². The summed E-state index contributed by atoms with van der Waals surface area (Å²) in [6.07, 6.45) is 4.43. The molecule has 0 saturated carbocycles. The third-order valence-electron chi connectivity index (χ3n) is 4.66. The van der Waals surface area contributed by atoms with Crippen LogP contribution in [-0.2, 0) is 16.1 Å². The van der Waals surface area contributed by atoms with Crippen LogP contribution in [0.15, 0.2) is 53.7 Å². The van der Waals surface area contributed by atoms with Crippen molar-refractivity contribution in [1.82, 2.24) is 14.8 Å². The highest BCUT2D eigenvalue weighted by Gasteiger charge is 2.16. The number of morpholine rings is 1. The summed E-state index contributed by atoms with van der Waals surface area (Å²) in [6.45, 7) is 5.74. The lowest BCUT2D eigenvalue weighted by Gasteiger charge is -2.28. The Kier molecular flexibility index (Phi) is 8.26. The molecule has 2 heterocycles. The van der Waals surface area contributed by atoms with Crippen LogP contribution in [0.5, 0.6) is 0 Å². The quantitative estimate of drug-likeness (QED) is 0.602. The summed E-state index contributed by atoms with van der Waals surface area (Å²) in [4.78, 5) is 22.1. The van der Waals surface area contributed by atoms with Gasteiger partial charge in [-0.05, 0) is 48.4 Å². The molecule has 150 valence electrons. The Balaban J connectivity index is 1.54. The summed E-state index contributed by atoms with van der Waals surface area (Å²) in [5.41, 5.74) is 1.07. The van der Waals surface area contributed by atoms with Gasteiger partial charge in [-0.25, -0.2) is 4.39 Å². The standard InChI is InChI=1S/C21H26FN3O2S/c22-19-2-4-20(5-3-19)28-17-21(26)25(16-18-6-8-23-9-7-18)11-1-10-24-12-14-27-15-13-24/h2-9H,1,10-17H2. The zero-order valence-corrected chi connectivity index (χ0v) is 16.7.